The van der Waals surface area contributed by atoms with Crippen LogP contribution in [0, 0.1) is 17.5 Å². The van der Waals surface area contributed by atoms with Crippen LogP contribution in [0.15, 0.2) is 6.20 Å². The second-order valence-corrected chi connectivity index (χ2v) is 6.31. The Hall–Kier alpha value is -1.59. The van der Waals surface area contributed by atoms with E-state index in [-0.39, 0.29) is 0 Å². The quantitative estimate of drug-likeness (QED) is 0.388. The van der Waals surface area contributed by atoms with E-state index in [9.17, 15) is 0 Å². The first-order valence-electron chi connectivity index (χ1n) is 6.32. The van der Waals surface area contributed by atoms with Gasteiger partial charge in [0.25, 0.3) is 0 Å². The summed E-state index contributed by atoms with van der Waals surface area (Å²) < 4.78 is 0.884. The number of hydrogen-bond donors (Lipinski definition) is 2. The number of nitrogens with zero attached hydrogens (tertiary/aromatic N) is 6. The monoisotopic (exact) mass is 462 g/mol. The van der Waals surface area contributed by atoms with Crippen molar-refractivity contribution in [2.75, 3.05) is 0 Å². The smallest absolute Gasteiger partial charge is 0.202 e. The summed E-state index contributed by atoms with van der Waals surface area (Å²) in [5.41, 5.74) is 4.16. The number of halogens is 3. The summed E-state index contributed by atoms with van der Waals surface area (Å²) in [6.45, 7) is 3.62. The molecule has 0 aromatic carbocycles. The molecule has 0 aliphatic rings. The predicted molar refractivity (Wildman–Crippen MR) is 95.6 cm³/mol. The second kappa shape index (κ2) is 6.49. The van der Waals surface area contributed by atoms with Crippen LogP contribution < -0.4 is 0 Å². The Morgan fingerprint density at radius 2 is 1.65 bits per heavy atom. The molecule has 0 amide bonds. The van der Waals surface area contributed by atoms with Gasteiger partial charge in [-0.05, 0) is 36.4 Å². The maximum Gasteiger partial charge on any atom is 0.202 e. The molecule has 0 atom stereocenters. The number of aromatic amines is 2. The van der Waals surface area contributed by atoms with Gasteiger partial charge in [-0.15, -0.1) is 0 Å². The first-order chi connectivity index (χ1) is 11.0. The SMILES string of the molecule is Cc1nc2c(I)[nH]nc2nc1Cl.Cc1nc2cn[nH]c2nc1Cl. The van der Waals surface area contributed by atoms with Crippen molar-refractivity contribution in [3.05, 3.63) is 31.6 Å². The zero-order valence-corrected chi connectivity index (χ0v) is 15.6. The van der Waals surface area contributed by atoms with Crippen molar-refractivity contribution in [1.29, 1.82) is 0 Å². The second-order valence-electron chi connectivity index (χ2n) is 4.51. The lowest BCUT2D eigenvalue weighted by Crippen LogP contribution is -1.88. The normalized spacial score (nSPS) is 10.8. The average molecular weight is 463 g/mol. The summed E-state index contributed by atoms with van der Waals surface area (Å²) in [5, 5.41) is 14.0. The number of hydrogen-bond acceptors (Lipinski definition) is 6. The van der Waals surface area contributed by atoms with Crippen LogP contribution in [0.3, 0.4) is 0 Å². The van der Waals surface area contributed by atoms with Gasteiger partial charge in [-0.2, -0.15) is 10.2 Å². The van der Waals surface area contributed by atoms with Crippen LogP contribution in [0.25, 0.3) is 22.3 Å². The Kier molecular flexibility index (Phi) is 4.60. The summed E-state index contributed by atoms with van der Waals surface area (Å²) in [5.74, 6) is 0. The van der Waals surface area contributed by atoms with Crippen LogP contribution in [0.5, 0.6) is 0 Å². The average Bonchev–Trinajstić information content (AvgIpc) is 3.09. The third kappa shape index (κ3) is 3.35. The van der Waals surface area contributed by atoms with Gasteiger partial charge in [-0.25, -0.2) is 19.9 Å². The molecule has 0 aliphatic carbocycles. The van der Waals surface area contributed by atoms with Gasteiger partial charge >= 0.3 is 0 Å². The molecule has 0 radical (unpaired) electrons. The maximum absolute atomic E-state index is 5.77. The topological polar surface area (TPSA) is 109 Å². The Morgan fingerprint density at radius 1 is 0.957 bits per heavy atom. The van der Waals surface area contributed by atoms with E-state index in [0.717, 1.165) is 26.1 Å². The van der Waals surface area contributed by atoms with Crippen molar-refractivity contribution in [1.82, 2.24) is 40.3 Å². The molecule has 4 rings (SSSR count). The molecule has 0 saturated heterocycles. The first kappa shape index (κ1) is 16.3. The lowest BCUT2D eigenvalue weighted by atomic mass is 10.5. The van der Waals surface area contributed by atoms with E-state index in [1.165, 1.54) is 0 Å². The lowest BCUT2D eigenvalue weighted by Gasteiger charge is -1.93. The van der Waals surface area contributed by atoms with E-state index >= 15 is 0 Å². The molecule has 118 valence electrons. The van der Waals surface area contributed by atoms with Crippen molar-refractivity contribution < 1.29 is 0 Å². The van der Waals surface area contributed by atoms with Crippen LogP contribution in [0.4, 0.5) is 0 Å². The molecule has 0 unspecified atom stereocenters. The van der Waals surface area contributed by atoms with Crippen LogP contribution >= 0.6 is 45.8 Å². The van der Waals surface area contributed by atoms with Crippen molar-refractivity contribution in [2.24, 2.45) is 0 Å². The van der Waals surface area contributed by atoms with E-state index in [1.807, 2.05) is 13.8 Å². The van der Waals surface area contributed by atoms with E-state index in [0.29, 0.717) is 21.6 Å². The van der Waals surface area contributed by atoms with Gasteiger partial charge in [0, 0.05) is 0 Å². The summed E-state index contributed by atoms with van der Waals surface area (Å²) in [4.78, 5) is 16.5. The molecule has 0 fully saturated rings. The molecule has 8 nitrogen and oxygen atoms in total. The predicted octanol–water partition coefficient (Wildman–Crippen LogP) is 3.23. The highest BCUT2D eigenvalue weighted by atomic mass is 127. The highest BCUT2D eigenvalue weighted by Gasteiger charge is 2.08. The molecule has 2 N–H and O–H groups in total. The Balaban J connectivity index is 0.000000136. The number of nitrogens with one attached hydrogen (secondary N) is 2. The minimum Gasteiger partial charge on any atom is -0.268 e. The van der Waals surface area contributed by atoms with Gasteiger partial charge in [0.05, 0.1) is 17.6 Å². The largest absolute Gasteiger partial charge is 0.268 e. The fraction of sp³-hybridized carbons (Fsp3) is 0.167. The van der Waals surface area contributed by atoms with Gasteiger partial charge in [-0.1, -0.05) is 23.2 Å². The number of fused-ring (bicyclic) bond motifs is 2. The molecular formula is C12H9Cl2IN8. The Bertz CT molecular complexity index is 959. The van der Waals surface area contributed by atoms with E-state index < -0.39 is 0 Å². The highest BCUT2D eigenvalue weighted by molar-refractivity contribution is 14.1. The molecule has 4 aromatic rings. The molecular weight excluding hydrogens is 454 g/mol. The van der Waals surface area contributed by atoms with E-state index in [1.54, 1.807) is 6.20 Å². The van der Waals surface area contributed by atoms with E-state index in [4.69, 9.17) is 23.2 Å². The molecule has 4 heterocycles. The van der Waals surface area contributed by atoms with Crippen LogP contribution in [-0.4, -0.2) is 40.3 Å². The van der Waals surface area contributed by atoms with Crippen molar-refractivity contribution in [3.8, 4) is 0 Å². The fourth-order valence-corrected chi connectivity index (χ4v) is 2.45. The summed E-state index contributed by atoms with van der Waals surface area (Å²) in [7, 11) is 0. The maximum atomic E-state index is 5.77. The zero-order valence-electron chi connectivity index (χ0n) is 11.9. The third-order valence-corrected chi connectivity index (χ3v) is 4.33. The van der Waals surface area contributed by atoms with Gasteiger partial charge in [0.1, 0.15) is 14.7 Å². The number of aromatic nitrogens is 8. The van der Waals surface area contributed by atoms with E-state index in [2.05, 4.69) is 62.9 Å². The number of rotatable bonds is 0. The molecule has 0 aliphatic heterocycles. The summed E-state index contributed by atoms with van der Waals surface area (Å²) in [6, 6.07) is 0. The Labute approximate surface area is 153 Å². The molecule has 23 heavy (non-hydrogen) atoms. The molecule has 11 heteroatoms. The minimum atomic E-state index is 0.408. The molecule has 0 bridgehead atoms. The lowest BCUT2D eigenvalue weighted by molar-refractivity contribution is 1.07. The minimum absolute atomic E-state index is 0.408. The number of H-pyrrole nitrogens is 2. The highest BCUT2D eigenvalue weighted by Crippen LogP contribution is 2.18. The van der Waals surface area contributed by atoms with Gasteiger partial charge in [-0.3, -0.25) is 10.2 Å². The van der Waals surface area contributed by atoms with Crippen molar-refractivity contribution in [2.45, 2.75) is 13.8 Å². The van der Waals surface area contributed by atoms with Gasteiger partial charge < -0.3 is 0 Å². The third-order valence-electron chi connectivity index (χ3n) is 2.86. The van der Waals surface area contributed by atoms with Crippen molar-refractivity contribution in [3.63, 3.8) is 0 Å². The van der Waals surface area contributed by atoms with Gasteiger partial charge in [0.2, 0.25) is 5.65 Å². The van der Waals surface area contributed by atoms with Gasteiger partial charge in [0.15, 0.2) is 16.0 Å². The fourth-order valence-electron chi connectivity index (χ4n) is 1.71. The number of aryl methyl sites for hydroxylation is 2. The molecule has 4 aromatic heterocycles. The zero-order chi connectivity index (χ0) is 16.6. The van der Waals surface area contributed by atoms with Crippen LogP contribution in [0.2, 0.25) is 10.3 Å². The van der Waals surface area contributed by atoms with Crippen molar-refractivity contribution >= 4 is 68.1 Å². The Morgan fingerprint density at radius 3 is 2.43 bits per heavy atom. The molecule has 0 spiro atoms. The standard InChI is InChI=1S/C6H4ClIN4.C6H5ClN4/c1-2-4(7)10-6-3(9-2)5(8)11-12-6;1-3-5(7)10-6-4(9-3)2-8-11-6/h1H3,(H,10,11,12);2H,1H3,(H,8,10,11). The van der Waals surface area contributed by atoms with Crippen LogP contribution in [0.1, 0.15) is 11.4 Å². The summed E-state index contributed by atoms with van der Waals surface area (Å²) in [6.07, 6.45) is 1.62. The van der Waals surface area contributed by atoms with Crippen LogP contribution in [-0.2, 0) is 0 Å². The first-order valence-corrected chi connectivity index (χ1v) is 8.16. The summed E-state index contributed by atoms with van der Waals surface area (Å²) >= 11 is 13.6. The molecule has 0 saturated carbocycles.